The summed E-state index contributed by atoms with van der Waals surface area (Å²) >= 11 is 0. The van der Waals surface area contributed by atoms with Gasteiger partial charge in [0.1, 0.15) is 5.75 Å². The van der Waals surface area contributed by atoms with Crippen molar-refractivity contribution in [1.82, 2.24) is 4.90 Å². The molecule has 20 heavy (non-hydrogen) atoms. The molecule has 5 heteroatoms. The minimum absolute atomic E-state index is 0.0710. The lowest BCUT2D eigenvalue weighted by molar-refractivity contribution is 0.0372. The molecule has 1 saturated heterocycles. The van der Waals surface area contributed by atoms with Crippen LogP contribution in [0.1, 0.15) is 25.3 Å². The highest BCUT2D eigenvalue weighted by atomic mass is 16.7. The van der Waals surface area contributed by atoms with Crippen LogP contribution in [0.3, 0.4) is 0 Å². The summed E-state index contributed by atoms with van der Waals surface area (Å²) in [6, 6.07) is 7.59. The first-order chi connectivity index (χ1) is 9.81. The van der Waals surface area contributed by atoms with Crippen LogP contribution >= 0.6 is 0 Å². The van der Waals surface area contributed by atoms with Crippen LogP contribution < -0.4 is 4.74 Å². The van der Waals surface area contributed by atoms with Gasteiger partial charge in [0.05, 0.1) is 6.61 Å². The van der Waals surface area contributed by atoms with Crippen LogP contribution in [0.4, 0.5) is 4.79 Å². The first-order valence-corrected chi connectivity index (χ1v) is 7.01. The average Bonchev–Trinajstić information content (AvgIpc) is 3.00. The highest BCUT2D eigenvalue weighted by molar-refractivity contribution is 5.67. The van der Waals surface area contributed by atoms with E-state index in [9.17, 15) is 4.79 Å². The molecule has 0 aromatic heterocycles. The van der Waals surface area contributed by atoms with Crippen LogP contribution in [0, 0.1) is 0 Å². The van der Waals surface area contributed by atoms with E-state index in [4.69, 9.17) is 14.2 Å². The molecule has 5 nitrogen and oxygen atoms in total. The second-order valence-corrected chi connectivity index (χ2v) is 4.61. The van der Waals surface area contributed by atoms with Crippen molar-refractivity contribution in [1.29, 1.82) is 0 Å². The van der Waals surface area contributed by atoms with Gasteiger partial charge in [-0.1, -0.05) is 18.2 Å². The standard InChI is InChI=1S/C15H21NO4/c1-2-18-11-13-7-3-4-8-14(13)19-12-20-15(17)16-9-5-6-10-16/h3-4,7-8H,2,5-6,9-12H2,1H3. The average molecular weight is 279 g/mol. The Labute approximate surface area is 119 Å². The van der Waals surface area contributed by atoms with Crippen LogP contribution in [-0.4, -0.2) is 37.5 Å². The van der Waals surface area contributed by atoms with Gasteiger partial charge < -0.3 is 19.1 Å². The molecule has 1 heterocycles. The quantitative estimate of drug-likeness (QED) is 0.751. The molecule has 1 amide bonds. The van der Waals surface area contributed by atoms with Crippen LogP contribution in [0.25, 0.3) is 0 Å². The molecule has 0 spiro atoms. The summed E-state index contributed by atoms with van der Waals surface area (Å²) in [6.07, 6.45) is 1.80. The SMILES string of the molecule is CCOCc1ccccc1OCOC(=O)N1CCCC1. The minimum Gasteiger partial charge on any atom is -0.457 e. The highest BCUT2D eigenvalue weighted by Crippen LogP contribution is 2.19. The van der Waals surface area contributed by atoms with Gasteiger partial charge in [-0.25, -0.2) is 4.79 Å². The molecule has 1 aliphatic rings. The van der Waals surface area contributed by atoms with Gasteiger partial charge in [0, 0.05) is 25.3 Å². The van der Waals surface area contributed by atoms with Crippen LogP contribution in [-0.2, 0) is 16.1 Å². The Kier molecular flexibility index (Phi) is 5.68. The third-order valence-corrected chi connectivity index (χ3v) is 3.20. The number of benzene rings is 1. The normalized spacial score (nSPS) is 14.3. The van der Waals surface area contributed by atoms with E-state index in [0.29, 0.717) is 19.0 Å². The van der Waals surface area contributed by atoms with Crippen molar-refractivity contribution in [3.05, 3.63) is 29.8 Å². The van der Waals surface area contributed by atoms with E-state index in [1.54, 1.807) is 4.90 Å². The largest absolute Gasteiger partial charge is 0.457 e. The van der Waals surface area contributed by atoms with E-state index in [-0.39, 0.29) is 12.9 Å². The van der Waals surface area contributed by atoms with Gasteiger partial charge in [-0.3, -0.25) is 0 Å². The van der Waals surface area contributed by atoms with Gasteiger partial charge in [-0.15, -0.1) is 0 Å². The Balaban J connectivity index is 1.79. The van der Waals surface area contributed by atoms with E-state index in [0.717, 1.165) is 31.5 Å². The summed E-state index contributed by atoms with van der Waals surface area (Å²) in [5, 5.41) is 0. The van der Waals surface area contributed by atoms with E-state index < -0.39 is 0 Å². The van der Waals surface area contributed by atoms with Gasteiger partial charge in [0.2, 0.25) is 6.79 Å². The van der Waals surface area contributed by atoms with Crippen molar-refractivity contribution in [2.45, 2.75) is 26.4 Å². The maximum atomic E-state index is 11.7. The maximum Gasteiger partial charge on any atom is 0.412 e. The fraction of sp³-hybridized carbons (Fsp3) is 0.533. The summed E-state index contributed by atoms with van der Waals surface area (Å²) in [4.78, 5) is 13.4. The molecule has 0 N–H and O–H groups in total. The summed E-state index contributed by atoms with van der Waals surface area (Å²) < 4.78 is 16.0. The van der Waals surface area contributed by atoms with Crippen LogP contribution in [0.2, 0.25) is 0 Å². The van der Waals surface area contributed by atoms with Gasteiger partial charge in [0.15, 0.2) is 0 Å². The topological polar surface area (TPSA) is 48.0 Å². The van der Waals surface area contributed by atoms with Crippen molar-refractivity contribution in [2.75, 3.05) is 26.5 Å². The number of likely N-dealkylation sites (tertiary alicyclic amines) is 1. The Bertz CT molecular complexity index is 430. The van der Waals surface area contributed by atoms with E-state index in [2.05, 4.69) is 0 Å². The molecule has 1 aliphatic heterocycles. The lowest BCUT2D eigenvalue weighted by atomic mass is 10.2. The Morgan fingerprint density at radius 2 is 2.00 bits per heavy atom. The third-order valence-electron chi connectivity index (χ3n) is 3.20. The van der Waals surface area contributed by atoms with E-state index in [1.807, 2.05) is 31.2 Å². The van der Waals surface area contributed by atoms with E-state index >= 15 is 0 Å². The molecule has 0 unspecified atom stereocenters. The first-order valence-electron chi connectivity index (χ1n) is 7.01. The summed E-state index contributed by atoms with van der Waals surface area (Å²) in [7, 11) is 0. The molecule has 1 fully saturated rings. The minimum atomic E-state index is -0.301. The predicted octanol–water partition coefficient (Wildman–Crippen LogP) is 2.79. The van der Waals surface area contributed by atoms with Crippen molar-refractivity contribution in [3.8, 4) is 5.75 Å². The number of carbonyl (C=O) groups is 1. The molecular weight excluding hydrogens is 258 g/mol. The number of amides is 1. The Morgan fingerprint density at radius 1 is 1.25 bits per heavy atom. The summed E-state index contributed by atoms with van der Waals surface area (Å²) in [5.41, 5.74) is 0.951. The Hall–Kier alpha value is -1.75. The highest BCUT2D eigenvalue weighted by Gasteiger charge is 2.19. The predicted molar refractivity (Wildman–Crippen MR) is 74.6 cm³/mol. The van der Waals surface area contributed by atoms with Gasteiger partial charge in [-0.2, -0.15) is 0 Å². The molecule has 0 radical (unpaired) electrons. The van der Waals surface area contributed by atoms with Gasteiger partial charge >= 0.3 is 6.09 Å². The number of hydrogen-bond acceptors (Lipinski definition) is 4. The molecule has 0 bridgehead atoms. The molecule has 110 valence electrons. The van der Waals surface area contributed by atoms with Gasteiger partial charge in [-0.05, 0) is 25.8 Å². The second kappa shape index (κ2) is 7.75. The molecule has 0 aliphatic carbocycles. The number of ether oxygens (including phenoxy) is 3. The van der Waals surface area contributed by atoms with Crippen molar-refractivity contribution >= 4 is 6.09 Å². The number of nitrogens with zero attached hydrogens (tertiary/aromatic N) is 1. The maximum absolute atomic E-state index is 11.7. The zero-order valence-electron chi connectivity index (χ0n) is 11.8. The van der Waals surface area contributed by atoms with Crippen molar-refractivity contribution in [2.24, 2.45) is 0 Å². The lowest BCUT2D eigenvalue weighted by Gasteiger charge is -2.16. The summed E-state index contributed by atoms with van der Waals surface area (Å²) in [5.74, 6) is 0.690. The molecule has 1 aromatic rings. The van der Waals surface area contributed by atoms with Crippen LogP contribution in [0.15, 0.2) is 24.3 Å². The smallest absolute Gasteiger partial charge is 0.412 e. The number of hydrogen-bond donors (Lipinski definition) is 0. The molecule has 2 rings (SSSR count). The zero-order chi connectivity index (χ0) is 14.2. The molecular formula is C15H21NO4. The van der Waals surface area contributed by atoms with Gasteiger partial charge in [0.25, 0.3) is 0 Å². The van der Waals surface area contributed by atoms with E-state index in [1.165, 1.54) is 0 Å². The number of para-hydroxylation sites is 1. The Morgan fingerprint density at radius 3 is 2.75 bits per heavy atom. The zero-order valence-corrected chi connectivity index (χ0v) is 11.8. The van der Waals surface area contributed by atoms with Crippen LogP contribution in [0.5, 0.6) is 5.75 Å². The first kappa shape index (κ1) is 14.7. The number of carbonyl (C=O) groups excluding carboxylic acids is 1. The summed E-state index contributed by atoms with van der Waals surface area (Å²) in [6.45, 7) is 4.57. The fourth-order valence-electron chi connectivity index (χ4n) is 2.11. The molecule has 0 atom stereocenters. The lowest BCUT2D eigenvalue weighted by Crippen LogP contribution is -2.29. The molecule has 1 aromatic carbocycles. The monoisotopic (exact) mass is 279 g/mol. The number of rotatable bonds is 6. The van der Waals surface area contributed by atoms with Crippen molar-refractivity contribution < 1.29 is 19.0 Å². The third kappa shape index (κ3) is 4.13. The van der Waals surface area contributed by atoms with Crippen molar-refractivity contribution in [3.63, 3.8) is 0 Å². The molecule has 0 saturated carbocycles. The second-order valence-electron chi connectivity index (χ2n) is 4.61. The fourth-order valence-corrected chi connectivity index (χ4v) is 2.11.